The van der Waals surface area contributed by atoms with Crippen LogP contribution >= 0.6 is 0 Å². The molecule has 0 aromatic heterocycles. The molecule has 1 unspecified atom stereocenters. The minimum Gasteiger partial charge on any atom is -0.349 e. The first-order chi connectivity index (χ1) is 14.4. The summed E-state index contributed by atoms with van der Waals surface area (Å²) >= 11 is 0. The van der Waals surface area contributed by atoms with E-state index in [9.17, 15) is 9.59 Å². The maximum atomic E-state index is 12.9. The van der Waals surface area contributed by atoms with Gasteiger partial charge in [-0.15, -0.1) is 0 Å². The molecule has 1 aliphatic rings. The molecule has 1 heterocycles. The van der Waals surface area contributed by atoms with Gasteiger partial charge in [-0.25, -0.2) is 0 Å². The zero-order chi connectivity index (χ0) is 21.5. The Kier molecular flexibility index (Phi) is 7.67. The minimum absolute atomic E-state index is 0.0744. The summed E-state index contributed by atoms with van der Waals surface area (Å²) in [5.74, 6) is 0.968. The molecule has 1 aliphatic heterocycles. The SMILES string of the molecule is CC(C(=O)N1CCC(Cc2ccc(CCC(=O)N(C)C)cc2)CC1)c1ccccc1. The monoisotopic (exact) mass is 406 g/mol. The summed E-state index contributed by atoms with van der Waals surface area (Å²) < 4.78 is 0. The largest absolute Gasteiger partial charge is 0.349 e. The van der Waals surface area contributed by atoms with Gasteiger partial charge in [0.1, 0.15) is 0 Å². The van der Waals surface area contributed by atoms with Gasteiger partial charge in [0.05, 0.1) is 5.92 Å². The van der Waals surface area contributed by atoms with Gasteiger partial charge in [-0.2, -0.15) is 0 Å². The number of aryl methyl sites for hydroxylation is 1. The van der Waals surface area contributed by atoms with Crippen LogP contribution in [0.3, 0.4) is 0 Å². The van der Waals surface area contributed by atoms with Crippen molar-refractivity contribution in [1.82, 2.24) is 9.80 Å². The Morgan fingerprint density at radius 2 is 1.57 bits per heavy atom. The molecule has 1 fully saturated rings. The van der Waals surface area contributed by atoms with Crippen LogP contribution < -0.4 is 0 Å². The van der Waals surface area contributed by atoms with Gasteiger partial charge in [0.25, 0.3) is 0 Å². The summed E-state index contributed by atoms with van der Waals surface area (Å²) in [5, 5.41) is 0. The van der Waals surface area contributed by atoms with Crippen LogP contribution in [0.15, 0.2) is 54.6 Å². The number of carbonyl (C=O) groups is 2. The fourth-order valence-electron chi connectivity index (χ4n) is 4.17. The molecule has 0 spiro atoms. The topological polar surface area (TPSA) is 40.6 Å². The highest BCUT2D eigenvalue weighted by atomic mass is 16.2. The van der Waals surface area contributed by atoms with Crippen molar-refractivity contribution in [3.8, 4) is 0 Å². The van der Waals surface area contributed by atoms with E-state index in [0.717, 1.165) is 44.3 Å². The van der Waals surface area contributed by atoms with E-state index in [4.69, 9.17) is 0 Å². The summed E-state index contributed by atoms with van der Waals surface area (Å²) in [4.78, 5) is 28.3. The Labute approximate surface area is 180 Å². The zero-order valence-electron chi connectivity index (χ0n) is 18.5. The van der Waals surface area contributed by atoms with Crippen molar-refractivity contribution in [2.24, 2.45) is 5.92 Å². The molecule has 2 aromatic carbocycles. The van der Waals surface area contributed by atoms with Crippen molar-refractivity contribution in [3.63, 3.8) is 0 Å². The molecule has 4 heteroatoms. The quantitative estimate of drug-likeness (QED) is 0.688. The number of carbonyl (C=O) groups excluding carboxylic acids is 2. The lowest BCUT2D eigenvalue weighted by atomic mass is 9.89. The van der Waals surface area contributed by atoms with Crippen molar-refractivity contribution in [3.05, 3.63) is 71.3 Å². The van der Waals surface area contributed by atoms with Gasteiger partial charge in [-0.3, -0.25) is 9.59 Å². The molecule has 2 amide bonds. The van der Waals surface area contributed by atoms with Crippen molar-refractivity contribution < 1.29 is 9.59 Å². The number of hydrogen-bond donors (Lipinski definition) is 0. The second-order valence-electron chi connectivity index (χ2n) is 8.71. The molecule has 160 valence electrons. The summed E-state index contributed by atoms with van der Waals surface area (Å²) in [7, 11) is 3.60. The minimum atomic E-state index is -0.0744. The summed E-state index contributed by atoms with van der Waals surface area (Å²) in [6.07, 6.45) is 4.53. The van der Waals surface area contributed by atoms with E-state index in [1.807, 2.05) is 42.2 Å². The van der Waals surface area contributed by atoms with Crippen molar-refractivity contribution in [2.45, 2.75) is 44.9 Å². The summed E-state index contributed by atoms with van der Waals surface area (Å²) in [6.45, 7) is 3.72. The van der Waals surface area contributed by atoms with Crippen LogP contribution in [0.2, 0.25) is 0 Å². The standard InChI is InChI=1S/C26H34N2O2/c1-20(24-7-5-4-6-8-24)26(30)28-17-15-23(16-18-28)19-22-11-9-21(10-12-22)13-14-25(29)27(2)3/h4-12,20,23H,13-19H2,1-3H3. The van der Waals surface area contributed by atoms with E-state index in [2.05, 4.69) is 24.3 Å². The molecule has 0 saturated carbocycles. The first-order valence-electron chi connectivity index (χ1n) is 11.1. The number of piperidine rings is 1. The molecule has 0 bridgehead atoms. The zero-order valence-corrected chi connectivity index (χ0v) is 18.5. The molecule has 3 rings (SSSR count). The number of likely N-dealkylation sites (tertiary alicyclic amines) is 1. The maximum absolute atomic E-state index is 12.9. The Hall–Kier alpha value is -2.62. The third-order valence-electron chi connectivity index (χ3n) is 6.27. The van der Waals surface area contributed by atoms with E-state index in [0.29, 0.717) is 12.3 Å². The lowest BCUT2D eigenvalue weighted by Gasteiger charge is -2.34. The van der Waals surface area contributed by atoms with Gasteiger partial charge in [-0.1, -0.05) is 54.6 Å². The number of rotatable bonds is 7. The van der Waals surface area contributed by atoms with Gasteiger partial charge in [0.15, 0.2) is 0 Å². The van der Waals surface area contributed by atoms with Crippen LogP contribution in [0.4, 0.5) is 0 Å². The van der Waals surface area contributed by atoms with Crippen molar-refractivity contribution >= 4 is 11.8 Å². The van der Waals surface area contributed by atoms with Crippen molar-refractivity contribution in [2.75, 3.05) is 27.2 Å². The average Bonchev–Trinajstić information content (AvgIpc) is 2.78. The molecule has 30 heavy (non-hydrogen) atoms. The van der Waals surface area contributed by atoms with E-state index >= 15 is 0 Å². The third-order valence-corrected chi connectivity index (χ3v) is 6.27. The van der Waals surface area contributed by atoms with Crippen LogP contribution in [-0.2, 0) is 22.4 Å². The van der Waals surface area contributed by atoms with E-state index in [1.54, 1.807) is 19.0 Å². The second kappa shape index (κ2) is 10.4. The highest BCUT2D eigenvalue weighted by molar-refractivity contribution is 5.83. The van der Waals surface area contributed by atoms with E-state index in [-0.39, 0.29) is 17.7 Å². The van der Waals surface area contributed by atoms with Crippen LogP contribution in [0.25, 0.3) is 0 Å². The first kappa shape index (κ1) is 22.1. The fraction of sp³-hybridized carbons (Fsp3) is 0.462. The fourth-order valence-corrected chi connectivity index (χ4v) is 4.17. The van der Waals surface area contributed by atoms with E-state index < -0.39 is 0 Å². The number of amides is 2. The predicted molar refractivity (Wildman–Crippen MR) is 121 cm³/mol. The summed E-state index contributed by atoms with van der Waals surface area (Å²) in [6, 6.07) is 18.8. The van der Waals surface area contributed by atoms with Gasteiger partial charge >= 0.3 is 0 Å². The summed E-state index contributed by atoms with van der Waals surface area (Å²) in [5.41, 5.74) is 3.65. The number of hydrogen-bond acceptors (Lipinski definition) is 2. The normalized spacial score (nSPS) is 15.6. The number of benzene rings is 2. The molecule has 2 aromatic rings. The molecule has 1 atom stereocenters. The number of nitrogens with zero attached hydrogens (tertiary/aromatic N) is 2. The van der Waals surface area contributed by atoms with Crippen LogP contribution in [0, 0.1) is 5.92 Å². The van der Waals surface area contributed by atoms with Crippen LogP contribution in [-0.4, -0.2) is 48.8 Å². The maximum Gasteiger partial charge on any atom is 0.229 e. The van der Waals surface area contributed by atoms with Crippen LogP contribution in [0.1, 0.15) is 48.8 Å². The lowest BCUT2D eigenvalue weighted by Crippen LogP contribution is -2.40. The molecule has 4 nitrogen and oxygen atoms in total. The van der Waals surface area contributed by atoms with Crippen LogP contribution in [0.5, 0.6) is 0 Å². The molecule has 0 radical (unpaired) electrons. The Morgan fingerprint density at radius 3 is 2.17 bits per heavy atom. The Balaban J connectivity index is 1.45. The average molecular weight is 407 g/mol. The molecule has 0 aliphatic carbocycles. The second-order valence-corrected chi connectivity index (χ2v) is 8.71. The van der Waals surface area contributed by atoms with Crippen molar-refractivity contribution in [1.29, 1.82) is 0 Å². The smallest absolute Gasteiger partial charge is 0.229 e. The molecular weight excluding hydrogens is 372 g/mol. The van der Waals surface area contributed by atoms with Gasteiger partial charge in [0, 0.05) is 33.6 Å². The van der Waals surface area contributed by atoms with Gasteiger partial charge < -0.3 is 9.80 Å². The molecule has 0 N–H and O–H groups in total. The molecular formula is C26H34N2O2. The van der Waals surface area contributed by atoms with Gasteiger partial charge in [-0.05, 0) is 55.2 Å². The lowest BCUT2D eigenvalue weighted by molar-refractivity contribution is -0.133. The first-order valence-corrected chi connectivity index (χ1v) is 11.1. The molecule has 1 saturated heterocycles. The predicted octanol–water partition coefficient (Wildman–Crippen LogP) is 4.29. The highest BCUT2D eigenvalue weighted by Gasteiger charge is 2.26. The van der Waals surface area contributed by atoms with Gasteiger partial charge in [0.2, 0.25) is 11.8 Å². The third kappa shape index (κ3) is 5.94. The Bertz CT molecular complexity index is 822. The highest BCUT2D eigenvalue weighted by Crippen LogP contribution is 2.25. The van der Waals surface area contributed by atoms with E-state index in [1.165, 1.54) is 11.1 Å². The Morgan fingerprint density at radius 1 is 0.967 bits per heavy atom.